The minimum atomic E-state index is -4.58. The first-order valence-electron chi connectivity index (χ1n) is 9.89. The van der Waals surface area contributed by atoms with E-state index in [1.165, 1.54) is 18.6 Å². The fourth-order valence-corrected chi connectivity index (χ4v) is 4.14. The van der Waals surface area contributed by atoms with E-state index in [0.717, 1.165) is 29.9 Å². The quantitative estimate of drug-likeness (QED) is 0.455. The van der Waals surface area contributed by atoms with Gasteiger partial charge >= 0.3 is 6.18 Å². The molecule has 0 amide bonds. The number of alkyl halides is 3. The Morgan fingerprint density at radius 3 is 2.38 bits per heavy atom. The maximum atomic E-state index is 13.0. The van der Waals surface area contributed by atoms with Crippen LogP contribution < -0.4 is 0 Å². The van der Waals surface area contributed by atoms with Gasteiger partial charge in [-0.15, -0.1) is 0 Å². The minimum Gasteiger partial charge on any atom is -0.374 e. The first-order valence-corrected chi connectivity index (χ1v) is 10.3. The van der Waals surface area contributed by atoms with Gasteiger partial charge in [0.05, 0.1) is 28.8 Å². The largest absolute Gasteiger partial charge is 0.433 e. The normalized spacial score (nSPS) is 14.0. The van der Waals surface area contributed by atoms with Crippen LogP contribution >= 0.6 is 11.6 Å². The third kappa shape index (κ3) is 3.53. The summed E-state index contributed by atoms with van der Waals surface area (Å²) in [5, 5.41) is 13.1. The number of fused-ring (bicyclic) bond motifs is 1. The molecule has 9 heteroatoms. The van der Waals surface area contributed by atoms with Crippen molar-refractivity contribution >= 4 is 22.5 Å². The number of halogens is 4. The summed E-state index contributed by atoms with van der Waals surface area (Å²) in [5.41, 5.74) is 0.465. The van der Waals surface area contributed by atoms with Gasteiger partial charge in [0.15, 0.2) is 5.60 Å². The third-order valence-corrected chi connectivity index (χ3v) is 6.15. The van der Waals surface area contributed by atoms with E-state index in [-0.39, 0.29) is 5.56 Å². The Labute approximate surface area is 187 Å². The lowest BCUT2D eigenvalue weighted by Crippen LogP contribution is -2.31. The SMILES string of the molecule is CCc1nc2ccc(C(O)(c3ccc(C(F)(F)F)nc3)c3cncn3C)cc2c(Cl)c1C. The number of pyridine rings is 2. The molecule has 5 nitrogen and oxygen atoms in total. The van der Waals surface area contributed by atoms with Crippen molar-refractivity contribution in [2.45, 2.75) is 32.0 Å². The number of nitrogens with zero attached hydrogens (tertiary/aromatic N) is 4. The van der Waals surface area contributed by atoms with Gasteiger partial charge in [0.2, 0.25) is 0 Å². The molecule has 0 radical (unpaired) electrons. The van der Waals surface area contributed by atoms with Gasteiger partial charge in [-0.1, -0.05) is 30.7 Å². The van der Waals surface area contributed by atoms with Crippen LogP contribution in [0.4, 0.5) is 13.2 Å². The van der Waals surface area contributed by atoms with Gasteiger partial charge in [0.25, 0.3) is 0 Å². The Balaban J connectivity index is 1.97. The monoisotopic (exact) mass is 460 g/mol. The van der Waals surface area contributed by atoms with Crippen LogP contribution in [-0.4, -0.2) is 24.6 Å². The van der Waals surface area contributed by atoms with E-state index in [2.05, 4.69) is 15.0 Å². The van der Waals surface area contributed by atoms with Crippen molar-refractivity contribution in [3.63, 3.8) is 0 Å². The summed E-state index contributed by atoms with van der Waals surface area (Å²) >= 11 is 6.63. The molecule has 4 aromatic rings. The van der Waals surface area contributed by atoms with Crippen molar-refractivity contribution < 1.29 is 18.3 Å². The van der Waals surface area contributed by atoms with Crippen LogP contribution in [-0.2, 0) is 25.2 Å². The van der Waals surface area contributed by atoms with Crippen LogP contribution in [0.2, 0.25) is 5.02 Å². The van der Waals surface area contributed by atoms with E-state index in [1.54, 1.807) is 29.8 Å². The third-order valence-electron chi connectivity index (χ3n) is 5.66. The van der Waals surface area contributed by atoms with Crippen LogP contribution in [0.5, 0.6) is 0 Å². The van der Waals surface area contributed by atoms with E-state index < -0.39 is 17.5 Å². The number of aliphatic hydroxyl groups is 1. The van der Waals surface area contributed by atoms with Crippen molar-refractivity contribution in [2.24, 2.45) is 7.05 Å². The van der Waals surface area contributed by atoms with Crippen LogP contribution in [0.15, 0.2) is 49.1 Å². The summed E-state index contributed by atoms with van der Waals surface area (Å²) in [4.78, 5) is 12.3. The van der Waals surface area contributed by atoms with Crippen LogP contribution in [0.3, 0.4) is 0 Å². The van der Waals surface area contributed by atoms with E-state index in [9.17, 15) is 18.3 Å². The number of imidazole rings is 1. The molecule has 166 valence electrons. The minimum absolute atomic E-state index is 0.166. The lowest BCUT2D eigenvalue weighted by atomic mass is 9.83. The first kappa shape index (κ1) is 22.2. The highest BCUT2D eigenvalue weighted by molar-refractivity contribution is 6.36. The fourth-order valence-electron chi connectivity index (χ4n) is 3.88. The smallest absolute Gasteiger partial charge is 0.374 e. The van der Waals surface area contributed by atoms with Crippen LogP contribution in [0.1, 0.15) is 40.7 Å². The zero-order valence-electron chi connectivity index (χ0n) is 17.6. The van der Waals surface area contributed by atoms with Gasteiger partial charge < -0.3 is 9.67 Å². The number of aryl methyl sites for hydroxylation is 2. The average Bonchev–Trinajstić information content (AvgIpc) is 3.21. The lowest BCUT2D eigenvalue weighted by molar-refractivity contribution is -0.141. The molecule has 0 spiro atoms. The van der Waals surface area contributed by atoms with Gasteiger partial charge in [0.1, 0.15) is 5.69 Å². The highest BCUT2D eigenvalue weighted by Gasteiger charge is 2.39. The zero-order valence-corrected chi connectivity index (χ0v) is 18.3. The predicted molar refractivity (Wildman–Crippen MR) is 115 cm³/mol. The summed E-state index contributed by atoms with van der Waals surface area (Å²) < 4.78 is 40.7. The van der Waals surface area contributed by atoms with Crippen LogP contribution in [0.25, 0.3) is 10.9 Å². The van der Waals surface area contributed by atoms with Crippen molar-refractivity contribution in [3.8, 4) is 0 Å². The molecule has 1 N–H and O–H groups in total. The number of aromatic nitrogens is 4. The molecule has 0 aliphatic heterocycles. The second-order valence-electron chi connectivity index (χ2n) is 7.61. The second kappa shape index (κ2) is 7.86. The Kier molecular flexibility index (Phi) is 5.46. The van der Waals surface area contributed by atoms with Gasteiger partial charge in [-0.3, -0.25) is 9.97 Å². The lowest BCUT2D eigenvalue weighted by Gasteiger charge is -2.30. The number of hydrogen-bond donors (Lipinski definition) is 1. The summed E-state index contributed by atoms with van der Waals surface area (Å²) in [6.07, 6.45) is 0.142. The average molecular weight is 461 g/mol. The second-order valence-corrected chi connectivity index (χ2v) is 7.99. The molecule has 0 bridgehead atoms. The fraction of sp³-hybridized carbons (Fsp3) is 0.261. The topological polar surface area (TPSA) is 63.8 Å². The predicted octanol–water partition coefficient (Wildman–Crippen LogP) is 5.19. The molecule has 1 aromatic carbocycles. The van der Waals surface area contributed by atoms with Crippen molar-refractivity contribution in [2.75, 3.05) is 0 Å². The van der Waals surface area contributed by atoms with Crippen molar-refractivity contribution in [1.82, 2.24) is 19.5 Å². The first-order chi connectivity index (χ1) is 15.1. The van der Waals surface area contributed by atoms with Crippen molar-refractivity contribution in [1.29, 1.82) is 0 Å². The Morgan fingerprint density at radius 2 is 1.81 bits per heavy atom. The molecule has 1 unspecified atom stereocenters. The molecule has 0 saturated carbocycles. The maximum absolute atomic E-state index is 13.0. The highest BCUT2D eigenvalue weighted by atomic mass is 35.5. The molecular formula is C23H20ClF3N4O. The Morgan fingerprint density at radius 1 is 1.09 bits per heavy atom. The molecule has 1 atom stereocenters. The summed E-state index contributed by atoms with van der Waals surface area (Å²) in [6, 6.07) is 7.21. The Bertz CT molecular complexity index is 1300. The van der Waals surface area contributed by atoms with E-state index in [0.29, 0.717) is 27.2 Å². The van der Waals surface area contributed by atoms with Crippen molar-refractivity contribution in [3.05, 3.63) is 87.8 Å². The molecule has 32 heavy (non-hydrogen) atoms. The van der Waals surface area contributed by atoms with Gasteiger partial charge in [-0.25, -0.2) is 4.98 Å². The zero-order chi connectivity index (χ0) is 23.3. The number of rotatable bonds is 4. The van der Waals surface area contributed by atoms with E-state index in [1.807, 2.05) is 13.8 Å². The molecule has 0 aliphatic carbocycles. The van der Waals surface area contributed by atoms with E-state index >= 15 is 0 Å². The van der Waals surface area contributed by atoms with Gasteiger partial charge in [-0.2, -0.15) is 13.2 Å². The van der Waals surface area contributed by atoms with E-state index in [4.69, 9.17) is 11.6 Å². The molecule has 3 heterocycles. The number of hydrogen-bond acceptors (Lipinski definition) is 4. The Hall–Kier alpha value is -2.97. The molecule has 0 aliphatic rings. The molecule has 0 saturated heterocycles. The standard InChI is InChI=1S/C23H20ClF3N4O/c1-4-17-13(2)21(24)16-9-14(5-7-18(16)30-17)22(32,20-11-28-12-31(20)3)15-6-8-19(29-10-15)23(25,26)27/h5-12,32H,4H2,1-3H3. The highest BCUT2D eigenvalue weighted by Crippen LogP contribution is 2.39. The summed E-state index contributed by atoms with van der Waals surface area (Å²) in [5.74, 6) is 0. The summed E-state index contributed by atoms with van der Waals surface area (Å²) in [6.45, 7) is 3.87. The maximum Gasteiger partial charge on any atom is 0.433 e. The number of benzene rings is 1. The van der Waals surface area contributed by atoms with Crippen LogP contribution in [0, 0.1) is 6.92 Å². The molecular weight excluding hydrogens is 441 g/mol. The molecule has 3 aromatic heterocycles. The molecule has 0 fully saturated rings. The summed E-state index contributed by atoms with van der Waals surface area (Å²) in [7, 11) is 1.69. The van der Waals surface area contributed by atoms with Gasteiger partial charge in [-0.05, 0) is 42.7 Å². The van der Waals surface area contributed by atoms with Gasteiger partial charge in [0, 0.05) is 29.9 Å². The molecule has 4 rings (SSSR count).